The van der Waals surface area contributed by atoms with Crippen molar-refractivity contribution in [3.05, 3.63) is 75.6 Å². The molecule has 2 aromatic carbocycles. The standard InChI is InChI=1S/C28H30N4O2/c1-18-9-13-21(14-10-18)25-24(17-29)28(34)32(31-26(25)22-15-11-19(2)12-16-22)20(3)27(33)30-23-7-5-4-6-8-23/h9-16,20,23H,4-8H2,1-3H3,(H,30,33). The summed E-state index contributed by atoms with van der Waals surface area (Å²) in [5.41, 5.74) is 4.14. The van der Waals surface area contributed by atoms with E-state index in [0.717, 1.165) is 47.9 Å². The number of rotatable bonds is 5. The van der Waals surface area contributed by atoms with Crippen molar-refractivity contribution in [3.8, 4) is 28.5 Å². The van der Waals surface area contributed by atoms with Crippen LogP contribution in [-0.4, -0.2) is 21.7 Å². The SMILES string of the molecule is Cc1ccc(-c2nn(C(C)C(=O)NC3CCCCC3)c(=O)c(C#N)c2-c2ccc(C)cc2)cc1. The second-order valence-corrected chi connectivity index (χ2v) is 9.21. The topological polar surface area (TPSA) is 87.8 Å². The first-order valence-corrected chi connectivity index (χ1v) is 11.9. The molecule has 1 aliphatic carbocycles. The molecule has 1 atom stereocenters. The highest BCUT2D eigenvalue weighted by Crippen LogP contribution is 2.32. The van der Waals surface area contributed by atoms with Gasteiger partial charge in [0.1, 0.15) is 23.4 Å². The number of carbonyl (C=O) groups excluding carboxylic acids is 1. The maximum absolute atomic E-state index is 13.4. The van der Waals surface area contributed by atoms with Crippen LogP contribution in [-0.2, 0) is 4.79 Å². The van der Waals surface area contributed by atoms with Crippen molar-refractivity contribution < 1.29 is 4.79 Å². The summed E-state index contributed by atoms with van der Waals surface area (Å²) < 4.78 is 1.17. The van der Waals surface area contributed by atoms with Gasteiger partial charge in [-0.05, 0) is 39.2 Å². The minimum atomic E-state index is -0.835. The average molecular weight is 455 g/mol. The maximum atomic E-state index is 13.4. The third-order valence-corrected chi connectivity index (χ3v) is 6.59. The van der Waals surface area contributed by atoms with Gasteiger partial charge in [0.25, 0.3) is 5.56 Å². The third kappa shape index (κ3) is 4.79. The van der Waals surface area contributed by atoms with Gasteiger partial charge in [-0.25, -0.2) is 4.68 Å². The summed E-state index contributed by atoms with van der Waals surface area (Å²) in [5, 5.41) is 17.8. The van der Waals surface area contributed by atoms with E-state index in [9.17, 15) is 14.9 Å². The average Bonchev–Trinajstić information content (AvgIpc) is 2.85. The van der Waals surface area contributed by atoms with Crippen LogP contribution in [0.1, 0.15) is 61.8 Å². The second-order valence-electron chi connectivity index (χ2n) is 9.21. The monoisotopic (exact) mass is 454 g/mol. The molecule has 0 aliphatic heterocycles. The zero-order valence-corrected chi connectivity index (χ0v) is 20.0. The molecule has 1 amide bonds. The van der Waals surface area contributed by atoms with Gasteiger partial charge in [0.2, 0.25) is 5.91 Å². The van der Waals surface area contributed by atoms with E-state index in [2.05, 4.69) is 16.5 Å². The van der Waals surface area contributed by atoms with E-state index in [1.807, 2.05) is 62.4 Å². The molecular weight excluding hydrogens is 424 g/mol. The summed E-state index contributed by atoms with van der Waals surface area (Å²) in [6.45, 7) is 5.65. The summed E-state index contributed by atoms with van der Waals surface area (Å²) in [6.07, 6.45) is 5.28. The Hall–Kier alpha value is -3.72. The second kappa shape index (κ2) is 10.0. The fourth-order valence-corrected chi connectivity index (χ4v) is 4.50. The van der Waals surface area contributed by atoms with Crippen molar-refractivity contribution in [1.82, 2.24) is 15.1 Å². The lowest BCUT2D eigenvalue weighted by Gasteiger charge is -2.25. The largest absolute Gasteiger partial charge is 0.352 e. The van der Waals surface area contributed by atoms with Crippen LogP contribution >= 0.6 is 0 Å². The highest BCUT2D eigenvalue weighted by molar-refractivity contribution is 5.85. The first-order chi connectivity index (χ1) is 16.4. The lowest BCUT2D eigenvalue weighted by atomic mass is 9.94. The Balaban J connectivity index is 1.85. The molecule has 34 heavy (non-hydrogen) atoms. The molecule has 1 fully saturated rings. The zero-order chi connectivity index (χ0) is 24.2. The molecule has 0 spiro atoms. The third-order valence-electron chi connectivity index (χ3n) is 6.59. The van der Waals surface area contributed by atoms with E-state index in [4.69, 9.17) is 0 Å². The molecular formula is C28H30N4O2. The Morgan fingerprint density at radius 2 is 1.56 bits per heavy atom. The van der Waals surface area contributed by atoms with E-state index < -0.39 is 11.6 Å². The molecule has 4 rings (SSSR count). The fourth-order valence-electron chi connectivity index (χ4n) is 4.50. The van der Waals surface area contributed by atoms with Crippen LogP contribution in [0.3, 0.4) is 0 Å². The van der Waals surface area contributed by atoms with Gasteiger partial charge in [-0.2, -0.15) is 10.4 Å². The van der Waals surface area contributed by atoms with Crippen LogP contribution in [0.2, 0.25) is 0 Å². The van der Waals surface area contributed by atoms with E-state index in [1.165, 1.54) is 11.1 Å². The number of nitriles is 1. The van der Waals surface area contributed by atoms with Crippen LogP contribution in [0.15, 0.2) is 53.3 Å². The van der Waals surface area contributed by atoms with E-state index in [-0.39, 0.29) is 17.5 Å². The van der Waals surface area contributed by atoms with E-state index in [1.54, 1.807) is 6.92 Å². The van der Waals surface area contributed by atoms with Crippen molar-refractivity contribution in [2.45, 2.75) is 65.0 Å². The Bertz CT molecular complexity index is 1280. The first kappa shape index (κ1) is 23.4. The van der Waals surface area contributed by atoms with Crippen molar-refractivity contribution in [3.63, 3.8) is 0 Å². The minimum Gasteiger partial charge on any atom is -0.352 e. The molecule has 6 nitrogen and oxygen atoms in total. The quantitative estimate of drug-likeness (QED) is 0.583. The molecule has 1 aliphatic rings. The smallest absolute Gasteiger partial charge is 0.286 e. The Labute approximate surface area is 200 Å². The van der Waals surface area contributed by atoms with E-state index in [0.29, 0.717) is 11.3 Å². The van der Waals surface area contributed by atoms with Crippen LogP contribution in [0, 0.1) is 25.2 Å². The normalized spacial score (nSPS) is 14.9. The molecule has 1 saturated carbocycles. The number of hydrogen-bond donors (Lipinski definition) is 1. The lowest BCUT2D eigenvalue weighted by molar-refractivity contribution is -0.125. The number of benzene rings is 2. The Kier molecular flexibility index (Phi) is 6.93. The molecule has 1 unspecified atom stereocenters. The summed E-state index contributed by atoms with van der Waals surface area (Å²) in [6, 6.07) is 16.9. The van der Waals surface area contributed by atoms with Gasteiger partial charge in [-0.15, -0.1) is 0 Å². The molecule has 174 valence electrons. The number of nitrogens with zero attached hydrogens (tertiary/aromatic N) is 3. The van der Waals surface area contributed by atoms with Crippen LogP contribution in [0.25, 0.3) is 22.4 Å². The number of aryl methyl sites for hydroxylation is 2. The van der Waals surface area contributed by atoms with Crippen molar-refractivity contribution in [2.75, 3.05) is 0 Å². The highest BCUT2D eigenvalue weighted by atomic mass is 16.2. The van der Waals surface area contributed by atoms with Gasteiger partial charge in [-0.3, -0.25) is 9.59 Å². The number of hydrogen-bond acceptors (Lipinski definition) is 4. The summed E-state index contributed by atoms with van der Waals surface area (Å²) in [5.74, 6) is -0.247. The van der Waals surface area contributed by atoms with Gasteiger partial charge in [0.05, 0.1) is 0 Å². The highest BCUT2D eigenvalue weighted by Gasteiger charge is 2.26. The van der Waals surface area contributed by atoms with Crippen molar-refractivity contribution >= 4 is 5.91 Å². The summed E-state index contributed by atoms with van der Waals surface area (Å²) >= 11 is 0. The number of aromatic nitrogens is 2. The van der Waals surface area contributed by atoms with Crippen LogP contribution in [0.4, 0.5) is 0 Å². The predicted octanol–water partition coefficient (Wildman–Crippen LogP) is 5.08. The molecule has 0 radical (unpaired) electrons. The van der Waals surface area contributed by atoms with Crippen molar-refractivity contribution in [2.24, 2.45) is 0 Å². The molecule has 1 aromatic heterocycles. The van der Waals surface area contributed by atoms with Gasteiger partial charge in [-0.1, -0.05) is 78.9 Å². The van der Waals surface area contributed by atoms with Crippen LogP contribution in [0.5, 0.6) is 0 Å². The molecule has 1 heterocycles. The minimum absolute atomic E-state index is 0.00764. The summed E-state index contributed by atoms with van der Waals surface area (Å²) in [4.78, 5) is 26.5. The predicted molar refractivity (Wildman–Crippen MR) is 133 cm³/mol. The lowest BCUT2D eigenvalue weighted by Crippen LogP contribution is -2.43. The van der Waals surface area contributed by atoms with Gasteiger partial charge in [0.15, 0.2) is 0 Å². The molecule has 0 bridgehead atoms. The Morgan fingerprint density at radius 3 is 2.12 bits per heavy atom. The van der Waals surface area contributed by atoms with Gasteiger partial charge >= 0.3 is 0 Å². The zero-order valence-electron chi connectivity index (χ0n) is 20.0. The Morgan fingerprint density at radius 1 is 1.00 bits per heavy atom. The van der Waals surface area contributed by atoms with Crippen molar-refractivity contribution in [1.29, 1.82) is 5.26 Å². The molecule has 3 aromatic rings. The first-order valence-electron chi connectivity index (χ1n) is 11.9. The van der Waals surface area contributed by atoms with Crippen LogP contribution < -0.4 is 10.9 Å². The number of amides is 1. The number of carbonyl (C=O) groups is 1. The van der Waals surface area contributed by atoms with Gasteiger partial charge < -0.3 is 5.32 Å². The molecule has 1 N–H and O–H groups in total. The molecule has 6 heteroatoms. The maximum Gasteiger partial charge on any atom is 0.286 e. The van der Waals surface area contributed by atoms with E-state index >= 15 is 0 Å². The van der Waals surface area contributed by atoms with Gasteiger partial charge in [0, 0.05) is 17.2 Å². The molecule has 0 saturated heterocycles. The summed E-state index contributed by atoms with van der Waals surface area (Å²) in [7, 11) is 0. The fraction of sp³-hybridized carbons (Fsp3) is 0.357. The number of nitrogens with one attached hydrogen (secondary N) is 1.